The second-order valence-corrected chi connectivity index (χ2v) is 5.15. The fourth-order valence-corrected chi connectivity index (χ4v) is 1.39. The zero-order valence-electron chi connectivity index (χ0n) is 10.6. The molecule has 0 radical (unpaired) electrons. The van der Waals surface area contributed by atoms with Crippen LogP contribution in [0, 0.1) is 5.92 Å². The standard InChI is InChI=1S/C12H28N2/c1-6-11(3)10-14(7-2)9-8-12(4,5)13/h11H,6-10,13H2,1-5H3. The van der Waals surface area contributed by atoms with Crippen molar-refractivity contribution < 1.29 is 0 Å². The lowest BCUT2D eigenvalue weighted by atomic mass is 10.0. The summed E-state index contributed by atoms with van der Waals surface area (Å²) in [6.07, 6.45) is 2.35. The predicted octanol–water partition coefficient (Wildman–Crippen LogP) is 2.48. The van der Waals surface area contributed by atoms with E-state index < -0.39 is 0 Å². The van der Waals surface area contributed by atoms with Crippen molar-refractivity contribution in [3.05, 3.63) is 0 Å². The largest absolute Gasteiger partial charge is 0.326 e. The van der Waals surface area contributed by atoms with E-state index in [-0.39, 0.29) is 5.54 Å². The first-order valence-corrected chi connectivity index (χ1v) is 5.90. The Bertz CT molecular complexity index is 138. The summed E-state index contributed by atoms with van der Waals surface area (Å²) in [6.45, 7) is 14.5. The normalized spacial score (nSPS) is 14.8. The van der Waals surface area contributed by atoms with Crippen LogP contribution in [0.4, 0.5) is 0 Å². The van der Waals surface area contributed by atoms with Crippen LogP contribution in [0.25, 0.3) is 0 Å². The van der Waals surface area contributed by atoms with Crippen molar-refractivity contribution in [3.8, 4) is 0 Å². The van der Waals surface area contributed by atoms with Gasteiger partial charge in [-0.25, -0.2) is 0 Å². The fraction of sp³-hybridized carbons (Fsp3) is 1.00. The van der Waals surface area contributed by atoms with Gasteiger partial charge in [-0.15, -0.1) is 0 Å². The molecule has 0 spiro atoms. The van der Waals surface area contributed by atoms with Crippen molar-refractivity contribution in [1.29, 1.82) is 0 Å². The van der Waals surface area contributed by atoms with Gasteiger partial charge in [0.05, 0.1) is 0 Å². The lowest BCUT2D eigenvalue weighted by Gasteiger charge is -2.27. The minimum absolute atomic E-state index is 0.0249. The lowest BCUT2D eigenvalue weighted by Crippen LogP contribution is -2.38. The van der Waals surface area contributed by atoms with Gasteiger partial charge in [0.15, 0.2) is 0 Å². The monoisotopic (exact) mass is 200 g/mol. The van der Waals surface area contributed by atoms with Gasteiger partial charge in [-0.2, -0.15) is 0 Å². The molecular weight excluding hydrogens is 172 g/mol. The SMILES string of the molecule is CCC(C)CN(CC)CCC(C)(C)N. The van der Waals surface area contributed by atoms with Gasteiger partial charge in [-0.1, -0.05) is 27.2 Å². The molecule has 0 heterocycles. The zero-order chi connectivity index (χ0) is 11.2. The molecule has 1 unspecified atom stereocenters. The first-order chi connectivity index (χ1) is 6.39. The molecule has 0 saturated heterocycles. The molecule has 0 amide bonds. The van der Waals surface area contributed by atoms with E-state index in [2.05, 4.69) is 39.5 Å². The van der Waals surface area contributed by atoms with Crippen LogP contribution < -0.4 is 5.73 Å². The fourth-order valence-electron chi connectivity index (χ4n) is 1.39. The Balaban J connectivity index is 3.80. The maximum absolute atomic E-state index is 5.98. The Labute approximate surface area is 89.9 Å². The molecule has 0 aromatic rings. The van der Waals surface area contributed by atoms with Crippen LogP contribution in [-0.2, 0) is 0 Å². The average Bonchev–Trinajstić information content (AvgIpc) is 2.10. The van der Waals surface area contributed by atoms with E-state index in [9.17, 15) is 0 Å². The van der Waals surface area contributed by atoms with Gasteiger partial charge in [0, 0.05) is 12.1 Å². The number of hydrogen-bond donors (Lipinski definition) is 1. The summed E-state index contributed by atoms with van der Waals surface area (Å²) < 4.78 is 0. The maximum atomic E-state index is 5.98. The topological polar surface area (TPSA) is 29.3 Å². The number of hydrogen-bond acceptors (Lipinski definition) is 2. The van der Waals surface area contributed by atoms with E-state index >= 15 is 0 Å². The summed E-state index contributed by atoms with van der Waals surface area (Å²) in [6, 6.07) is 0. The molecule has 0 rings (SSSR count). The van der Waals surface area contributed by atoms with Crippen molar-refractivity contribution in [2.24, 2.45) is 11.7 Å². The van der Waals surface area contributed by atoms with Crippen LogP contribution >= 0.6 is 0 Å². The Morgan fingerprint density at radius 1 is 1.29 bits per heavy atom. The van der Waals surface area contributed by atoms with Crippen LogP contribution in [0.2, 0.25) is 0 Å². The minimum atomic E-state index is -0.0249. The molecule has 2 N–H and O–H groups in total. The molecule has 0 saturated carbocycles. The third-order valence-electron chi connectivity index (χ3n) is 2.79. The lowest BCUT2D eigenvalue weighted by molar-refractivity contribution is 0.226. The molecule has 0 aliphatic carbocycles. The van der Waals surface area contributed by atoms with E-state index in [1.54, 1.807) is 0 Å². The summed E-state index contributed by atoms with van der Waals surface area (Å²) >= 11 is 0. The summed E-state index contributed by atoms with van der Waals surface area (Å²) in [5.74, 6) is 0.802. The molecule has 0 aromatic carbocycles. The molecule has 0 fully saturated rings. The highest BCUT2D eigenvalue weighted by molar-refractivity contribution is 4.74. The van der Waals surface area contributed by atoms with E-state index in [1.807, 2.05) is 0 Å². The molecule has 86 valence electrons. The summed E-state index contributed by atoms with van der Waals surface area (Å²) in [7, 11) is 0. The first-order valence-electron chi connectivity index (χ1n) is 5.90. The van der Waals surface area contributed by atoms with Crippen molar-refractivity contribution in [2.45, 2.75) is 53.0 Å². The minimum Gasteiger partial charge on any atom is -0.326 e. The van der Waals surface area contributed by atoms with Crippen molar-refractivity contribution in [3.63, 3.8) is 0 Å². The van der Waals surface area contributed by atoms with Crippen LogP contribution in [0.5, 0.6) is 0 Å². The van der Waals surface area contributed by atoms with Gasteiger partial charge >= 0.3 is 0 Å². The first kappa shape index (κ1) is 13.9. The van der Waals surface area contributed by atoms with Crippen LogP contribution in [0.1, 0.15) is 47.5 Å². The Morgan fingerprint density at radius 2 is 1.86 bits per heavy atom. The van der Waals surface area contributed by atoms with E-state index in [1.165, 1.54) is 13.0 Å². The van der Waals surface area contributed by atoms with Gasteiger partial charge in [0.1, 0.15) is 0 Å². The van der Waals surface area contributed by atoms with Gasteiger partial charge in [-0.05, 0) is 39.3 Å². The van der Waals surface area contributed by atoms with Gasteiger partial charge in [0.25, 0.3) is 0 Å². The highest BCUT2D eigenvalue weighted by Gasteiger charge is 2.13. The second-order valence-electron chi connectivity index (χ2n) is 5.15. The molecule has 2 heteroatoms. The third-order valence-corrected chi connectivity index (χ3v) is 2.79. The maximum Gasteiger partial charge on any atom is 0.0109 e. The van der Waals surface area contributed by atoms with Crippen molar-refractivity contribution >= 4 is 0 Å². The molecule has 1 atom stereocenters. The van der Waals surface area contributed by atoms with E-state index in [0.717, 1.165) is 25.4 Å². The Morgan fingerprint density at radius 3 is 2.21 bits per heavy atom. The molecule has 2 nitrogen and oxygen atoms in total. The third kappa shape index (κ3) is 7.34. The highest BCUT2D eigenvalue weighted by atomic mass is 15.1. The molecule has 0 aromatic heterocycles. The number of nitrogens with zero attached hydrogens (tertiary/aromatic N) is 1. The van der Waals surface area contributed by atoms with Crippen LogP contribution in [-0.4, -0.2) is 30.1 Å². The van der Waals surface area contributed by atoms with Crippen LogP contribution in [0.15, 0.2) is 0 Å². The quantitative estimate of drug-likeness (QED) is 0.684. The predicted molar refractivity (Wildman–Crippen MR) is 64.5 cm³/mol. The molecule has 0 bridgehead atoms. The Kier molecular flexibility index (Phi) is 6.38. The van der Waals surface area contributed by atoms with Gasteiger partial charge < -0.3 is 10.6 Å². The highest BCUT2D eigenvalue weighted by Crippen LogP contribution is 2.08. The van der Waals surface area contributed by atoms with Crippen molar-refractivity contribution in [1.82, 2.24) is 4.90 Å². The Hall–Kier alpha value is -0.0800. The van der Waals surface area contributed by atoms with E-state index in [4.69, 9.17) is 5.73 Å². The number of nitrogens with two attached hydrogens (primary N) is 1. The van der Waals surface area contributed by atoms with Gasteiger partial charge in [-0.3, -0.25) is 0 Å². The second kappa shape index (κ2) is 6.41. The number of rotatable bonds is 7. The smallest absolute Gasteiger partial charge is 0.0109 e. The van der Waals surface area contributed by atoms with Gasteiger partial charge in [0.2, 0.25) is 0 Å². The molecule has 14 heavy (non-hydrogen) atoms. The van der Waals surface area contributed by atoms with Crippen molar-refractivity contribution in [2.75, 3.05) is 19.6 Å². The summed E-state index contributed by atoms with van der Waals surface area (Å²) in [4.78, 5) is 2.50. The molecular formula is C12H28N2. The molecule has 0 aliphatic rings. The summed E-state index contributed by atoms with van der Waals surface area (Å²) in [5.41, 5.74) is 5.95. The summed E-state index contributed by atoms with van der Waals surface area (Å²) in [5, 5.41) is 0. The zero-order valence-corrected chi connectivity index (χ0v) is 10.6. The molecule has 0 aliphatic heterocycles. The van der Waals surface area contributed by atoms with Crippen LogP contribution in [0.3, 0.4) is 0 Å². The van der Waals surface area contributed by atoms with E-state index in [0.29, 0.717) is 0 Å². The average molecular weight is 200 g/mol.